The summed E-state index contributed by atoms with van der Waals surface area (Å²) in [5.41, 5.74) is 1.51. The highest BCUT2D eigenvalue weighted by Crippen LogP contribution is 2.22. The molecule has 0 saturated heterocycles. The topological polar surface area (TPSA) is 0 Å². The van der Waals surface area contributed by atoms with Gasteiger partial charge in [0.05, 0.1) is 0 Å². The van der Waals surface area contributed by atoms with Crippen LogP contribution in [0.2, 0.25) is 0 Å². The Bertz CT molecular complexity index is 275. The molecule has 0 heteroatoms. The maximum absolute atomic E-state index is 2.31. The van der Waals surface area contributed by atoms with Gasteiger partial charge < -0.3 is 0 Å². The Labute approximate surface area is 114 Å². The smallest absolute Gasteiger partial charge is 0.0276 e. The zero-order valence-corrected chi connectivity index (χ0v) is 12.3. The first-order valence-corrected chi connectivity index (χ1v) is 7.90. The molecule has 1 aromatic rings. The van der Waals surface area contributed by atoms with E-state index in [4.69, 9.17) is 0 Å². The number of benzene rings is 1. The fraction of sp³-hybridized carbons (Fsp3) is 0.667. The first-order valence-electron chi connectivity index (χ1n) is 7.90. The van der Waals surface area contributed by atoms with Crippen LogP contribution >= 0.6 is 0 Å². The van der Waals surface area contributed by atoms with Gasteiger partial charge in [-0.25, -0.2) is 0 Å². The maximum atomic E-state index is 2.31. The summed E-state index contributed by atoms with van der Waals surface area (Å²) < 4.78 is 0. The van der Waals surface area contributed by atoms with Crippen LogP contribution < -0.4 is 0 Å². The summed E-state index contributed by atoms with van der Waals surface area (Å²) in [5, 5.41) is 0. The number of rotatable bonds is 10. The van der Waals surface area contributed by atoms with E-state index in [0.29, 0.717) is 0 Å². The van der Waals surface area contributed by atoms with Gasteiger partial charge in [-0.1, -0.05) is 89.1 Å². The Morgan fingerprint density at radius 2 is 1.44 bits per heavy atom. The molecule has 0 bridgehead atoms. The van der Waals surface area contributed by atoms with Crippen molar-refractivity contribution in [3.8, 4) is 0 Å². The third-order valence-electron chi connectivity index (χ3n) is 3.87. The van der Waals surface area contributed by atoms with E-state index in [9.17, 15) is 0 Å². The normalized spacial score (nSPS) is 12.6. The molecule has 1 rings (SSSR count). The van der Waals surface area contributed by atoms with Crippen molar-refractivity contribution in [1.82, 2.24) is 0 Å². The lowest BCUT2D eigenvalue weighted by atomic mass is 9.90. The molecule has 102 valence electrons. The van der Waals surface area contributed by atoms with E-state index in [1.54, 1.807) is 0 Å². The van der Waals surface area contributed by atoms with E-state index >= 15 is 0 Å². The van der Waals surface area contributed by atoms with Crippen molar-refractivity contribution in [2.24, 2.45) is 5.92 Å². The molecule has 1 unspecified atom stereocenters. The van der Waals surface area contributed by atoms with Gasteiger partial charge in [0.15, 0.2) is 0 Å². The fourth-order valence-electron chi connectivity index (χ4n) is 2.62. The summed E-state index contributed by atoms with van der Waals surface area (Å²) in [4.78, 5) is 0. The monoisotopic (exact) mass is 246 g/mol. The van der Waals surface area contributed by atoms with Gasteiger partial charge in [-0.15, -0.1) is 0 Å². The van der Waals surface area contributed by atoms with Crippen molar-refractivity contribution in [3.05, 3.63) is 35.9 Å². The number of hydrogen-bond donors (Lipinski definition) is 0. The first kappa shape index (κ1) is 15.3. The summed E-state index contributed by atoms with van der Waals surface area (Å²) in [5.74, 6) is 0.955. The molecule has 0 aliphatic rings. The van der Waals surface area contributed by atoms with Crippen LogP contribution in [0.3, 0.4) is 0 Å². The van der Waals surface area contributed by atoms with E-state index in [1.807, 2.05) is 0 Å². The van der Waals surface area contributed by atoms with Crippen molar-refractivity contribution in [2.75, 3.05) is 0 Å². The van der Waals surface area contributed by atoms with E-state index in [-0.39, 0.29) is 0 Å². The molecule has 0 N–H and O–H groups in total. The van der Waals surface area contributed by atoms with Crippen LogP contribution in [-0.4, -0.2) is 0 Å². The van der Waals surface area contributed by atoms with Gasteiger partial charge in [0, 0.05) is 0 Å². The third-order valence-corrected chi connectivity index (χ3v) is 3.87. The van der Waals surface area contributed by atoms with Gasteiger partial charge in [0.2, 0.25) is 0 Å². The highest BCUT2D eigenvalue weighted by atomic mass is 14.1. The van der Waals surface area contributed by atoms with E-state index in [0.717, 1.165) is 5.92 Å². The van der Waals surface area contributed by atoms with Crippen LogP contribution in [0.4, 0.5) is 0 Å². The van der Waals surface area contributed by atoms with Gasteiger partial charge in [-0.05, 0) is 24.3 Å². The van der Waals surface area contributed by atoms with Crippen LogP contribution in [-0.2, 0) is 6.42 Å². The molecule has 0 saturated carbocycles. The molecular formula is C18H30. The van der Waals surface area contributed by atoms with Gasteiger partial charge in [0.25, 0.3) is 0 Å². The zero-order valence-electron chi connectivity index (χ0n) is 12.3. The van der Waals surface area contributed by atoms with E-state index in [2.05, 4.69) is 44.2 Å². The number of hydrogen-bond acceptors (Lipinski definition) is 0. The average Bonchev–Trinajstić information content (AvgIpc) is 2.42. The predicted octanol–water partition coefficient (Wildman–Crippen LogP) is 6.01. The first-order chi connectivity index (χ1) is 8.86. The molecule has 1 atom stereocenters. The molecule has 0 aromatic heterocycles. The molecule has 18 heavy (non-hydrogen) atoms. The van der Waals surface area contributed by atoms with Gasteiger partial charge in [-0.3, -0.25) is 0 Å². The minimum absolute atomic E-state index is 0.955. The summed E-state index contributed by atoms with van der Waals surface area (Å²) in [6, 6.07) is 11.0. The molecular weight excluding hydrogens is 216 g/mol. The van der Waals surface area contributed by atoms with E-state index < -0.39 is 0 Å². The highest BCUT2D eigenvalue weighted by Gasteiger charge is 2.08. The van der Waals surface area contributed by atoms with Crippen molar-refractivity contribution in [2.45, 2.75) is 71.6 Å². The van der Waals surface area contributed by atoms with Crippen LogP contribution in [0, 0.1) is 5.92 Å². The van der Waals surface area contributed by atoms with Crippen LogP contribution in [0.5, 0.6) is 0 Å². The fourth-order valence-corrected chi connectivity index (χ4v) is 2.62. The lowest BCUT2D eigenvalue weighted by Gasteiger charge is -2.16. The Hall–Kier alpha value is -0.780. The quantitative estimate of drug-likeness (QED) is 0.444. The molecule has 0 heterocycles. The van der Waals surface area contributed by atoms with Gasteiger partial charge in [0.1, 0.15) is 0 Å². The molecule has 0 nitrogen and oxygen atoms in total. The summed E-state index contributed by atoms with van der Waals surface area (Å²) in [6.07, 6.45) is 12.5. The second-order valence-corrected chi connectivity index (χ2v) is 5.53. The van der Waals surface area contributed by atoms with Crippen molar-refractivity contribution in [1.29, 1.82) is 0 Å². The molecule has 0 aliphatic carbocycles. The zero-order chi connectivity index (χ0) is 13.1. The highest BCUT2D eigenvalue weighted by molar-refractivity contribution is 5.14. The van der Waals surface area contributed by atoms with Crippen molar-refractivity contribution < 1.29 is 0 Å². The van der Waals surface area contributed by atoms with Crippen LogP contribution in [0.1, 0.15) is 70.8 Å². The Balaban J connectivity index is 2.30. The lowest BCUT2D eigenvalue weighted by Crippen LogP contribution is -2.03. The Kier molecular flexibility index (Phi) is 8.63. The average molecular weight is 246 g/mol. The van der Waals surface area contributed by atoms with Crippen LogP contribution in [0.15, 0.2) is 30.3 Å². The molecule has 0 aliphatic heterocycles. The molecule has 0 radical (unpaired) electrons. The lowest BCUT2D eigenvalue weighted by molar-refractivity contribution is 0.390. The Morgan fingerprint density at radius 1 is 0.778 bits per heavy atom. The number of aryl methyl sites for hydroxylation is 1. The largest absolute Gasteiger partial charge is 0.0654 e. The van der Waals surface area contributed by atoms with Gasteiger partial charge in [-0.2, -0.15) is 0 Å². The second-order valence-electron chi connectivity index (χ2n) is 5.53. The van der Waals surface area contributed by atoms with Crippen LogP contribution in [0.25, 0.3) is 0 Å². The predicted molar refractivity (Wildman–Crippen MR) is 81.9 cm³/mol. The molecule has 1 aromatic carbocycles. The third kappa shape index (κ3) is 6.83. The minimum atomic E-state index is 0.955. The molecule has 0 amide bonds. The maximum Gasteiger partial charge on any atom is -0.0276 e. The van der Waals surface area contributed by atoms with Crippen molar-refractivity contribution >= 4 is 0 Å². The minimum Gasteiger partial charge on any atom is -0.0654 e. The SMILES string of the molecule is CCCCCC(CCCC)CCc1ccccc1. The molecule has 0 spiro atoms. The van der Waals surface area contributed by atoms with E-state index in [1.165, 1.54) is 63.4 Å². The summed E-state index contributed by atoms with van der Waals surface area (Å²) >= 11 is 0. The standard InChI is InChI=1S/C18H30/c1-3-5-8-12-17(11-6-4-2)15-16-18-13-9-7-10-14-18/h7,9-10,13-14,17H,3-6,8,11-12,15-16H2,1-2H3. The van der Waals surface area contributed by atoms with Gasteiger partial charge >= 0.3 is 0 Å². The Morgan fingerprint density at radius 3 is 2.11 bits per heavy atom. The van der Waals surface area contributed by atoms with Crippen molar-refractivity contribution in [3.63, 3.8) is 0 Å². The molecule has 0 fully saturated rings. The second kappa shape index (κ2) is 10.2. The number of unbranched alkanes of at least 4 members (excludes halogenated alkanes) is 3. The summed E-state index contributed by atoms with van der Waals surface area (Å²) in [6.45, 7) is 4.60. The summed E-state index contributed by atoms with van der Waals surface area (Å²) in [7, 11) is 0.